The number of carbonyl (C=O) groups excluding carboxylic acids is 1. The first-order valence-corrected chi connectivity index (χ1v) is 8.90. The lowest BCUT2D eigenvalue weighted by Gasteiger charge is -2.10. The molecule has 2 N–H and O–H groups in total. The zero-order valence-corrected chi connectivity index (χ0v) is 15.7. The van der Waals surface area contributed by atoms with E-state index in [9.17, 15) is 18.0 Å². The molecular weight excluding hydrogens is 399 g/mol. The fourth-order valence-electron chi connectivity index (χ4n) is 2.93. The minimum Gasteiger partial charge on any atom is -0.444 e. The van der Waals surface area contributed by atoms with Crippen LogP contribution in [0.4, 0.5) is 23.7 Å². The molecule has 0 saturated heterocycles. The predicted molar refractivity (Wildman–Crippen MR) is 104 cm³/mol. The predicted octanol–water partition coefficient (Wildman–Crippen LogP) is 4.65. The van der Waals surface area contributed by atoms with Crippen molar-refractivity contribution >= 4 is 17.4 Å². The Hall–Kier alpha value is -3.82. The van der Waals surface area contributed by atoms with Crippen LogP contribution >= 0.6 is 0 Å². The molecule has 1 aromatic carbocycles. The minimum absolute atomic E-state index is 0.356. The van der Waals surface area contributed by atoms with Crippen LogP contribution in [0.5, 0.6) is 0 Å². The van der Waals surface area contributed by atoms with Gasteiger partial charge in [-0.25, -0.2) is 14.8 Å². The number of amides is 2. The van der Waals surface area contributed by atoms with E-state index in [0.717, 1.165) is 22.5 Å². The number of alkyl halides is 3. The molecule has 0 atom stereocenters. The molecule has 4 rings (SSSR count). The van der Waals surface area contributed by atoms with Crippen LogP contribution in [-0.2, 0) is 0 Å². The Morgan fingerprint density at radius 3 is 2.77 bits per heavy atom. The van der Waals surface area contributed by atoms with E-state index in [4.69, 9.17) is 4.42 Å². The fraction of sp³-hybridized carbons (Fsp3) is 0.150. The second-order valence-corrected chi connectivity index (χ2v) is 6.58. The van der Waals surface area contributed by atoms with Gasteiger partial charge in [0.1, 0.15) is 18.5 Å². The average molecular weight is 415 g/mol. The molecule has 0 bridgehead atoms. The number of anilines is 1. The number of carbonyl (C=O) groups is 1. The maximum Gasteiger partial charge on any atom is 0.405 e. The molecule has 30 heavy (non-hydrogen) atoms. The lowest BCUT2D eigenvalue weighted by molar-refractivity contribution is -0.122. The number of hydrogen-bond acceptors (Lipinski definition) is 4. The molecular formula is C20H16F3N5O2. The number of hydrogen-bond donors (Lipinski definition) is 2. The topological polar surface area (TPSA) is 84.5 Å². The van der Waals surface area contributed by atoms with Crippen LogP contribution in [-0.4, -0.2) is 33.1 Å². The third-order valence-electron chi connectivity index (χ3n) is 4.24. The van der Waals surface area contributed by atoms with Crippen molar-refractivity contribution in [1.82, 2.24) is 19.7 Å². The highest BCUT2D eigenvalue weighted by molar-refractivity contribution is 5.90. The summed E-state index contributed by atoms with van der Waals surface area (Å²) in [6.45, 7) is 0.432. The Morgan fingerprint density at radius 2 is 2.03 bits per heavy atom. The van der Waals surface area contributed by atoms with Gasteiger partial charge in [0.2, 0.25) is 5.89 Å². The van der Waals surface area contributed by atoms with Gasteiger partial charge < -0.3 is 15.1 Å². The molecule has 2 amide bonds. The van der Waals surface area contributed by atoms with Gasteiger partial charge in [0, 0.05) is 23.0 Å². The zero-order chi connectivity index (χ0) is 21.3. The van der Waals surface area contributed by atoms with Gasteiger partial charge in [-0.15, -0.1) is 0 Å². The summed E-state index contributed by atoms with van der Waals surface area (Å²) in [5.74, 6) is 0.496. The number of nitrogens with one attached hydrogen (secondary N) is 2. The number of aromatic nitrogens is 3. The standard InChI is InChI=1S/C20H16F3N5O2/c1-12-10-30-18(26-12)14-5-6-28-16(9-24-17(28)8-14)13-3-2-4-15(7-13)27-19(29)25-11-20(21,22)23/h2-10H,11H2,1H3,(H2,25,27,29). The normalized spacial score (nSPS) is 11.6. The molecule has 0 fully saturated rings. The third-order valence-corrected chi connectivity index (χ3v) is 4.24. The molecule has 3 heterocycles. The number of fused-ring (bicyclic) bond motifs is 1. The second kappa shape index (κ2) is 7.54. The van der Waals surface area contributed by atoms with E-state index in [1.165, 1.54) is 0 Å². The summed E-state index contributed by atoms with van der Waals surface area (Å²) < 4.78 is 44.0. The Morgan fingerprint density at radius 1 is 1.20 bits per heavy atom. The largest absolute Gasteiger partial charge is 0.444 e. The molecule has 0 radical (unpaired) electrons. The first-order chi connectivity index (χ1) is 14.3. The van der Waals surface area contributed by atoms with Crippen molar-refractivity contribution in [2.45, 2.75) is 13.1 Å². The van der Waals surface area contributed by atoms with Crippen molar-refractivity contribution in [2.75, 3.05) is 11.9 Å². The van der Waals surface area contributed by atoms with E-state index >= 15 is 0 Å². The van der Waals surface area contributed by atoms with E-state index in [2.05, 4.69) is 15.3 Å². The van der Waals surface area contributed by atoms with E-state index in [1.807, 2.05) is 35.7 Å². The van der Waals surface area contributed by atoms with Crippen molar-refractivity contribution in [2.24, 2.45) is 0 Å². The summed E-state index contributed by atoms with van der Waals surface area (Å²) in [6.07, 6.45) is 0.587. The molecule has 154 valence electrons. The molecule has 0 aliphatic carbocycles. The summed E-state index contributed by atoms with van der Waals surface area (Å²) in [6, 6.07) is 9.49. The van der Waals surface area contributed by atoms with Crippen molar-refractivity contribution in [3.8, 4) is 22.7 Å². The van der Waals surface area contributed by atoms with E-state index in [1.54, 1.807) is 36.0 Å². The highest BCUT2D eigenvalue weighted by Gasteiger charge is 2.27. The van der Waals surface area contributed by atoms with Gasteiger partial charge in [0.25, 0.3) is 0 Å². The van der Waals surface area contributed by atoms with Crippen molar-refractivity contribution in [1.29, 1.82) is 0 Å². The first-order valence-electron chi connectivity index (χ1n) is 8.90. The molecule has 0 aliphatic heterocycles. The Kier molecular flexibility index (Phi) is 4.90. The van der Waals surface area contributed by atoms with Gasteiger partial charge in [-0.05, 0) is 31.2 Å². The van der Waals surface area contributed by atoms with Crippen LogP contribution in [0.3, 0.4) is 0 Å². The maximum atomic E-state index is 12.2. The highest BCUT2D eigenvalue weighted by atomic mass is 19.4. The third kappa shape index (κ3) is 4.27. The van der Waals surface area contributed by atoms with Crippen molar-refractivity contribution in [3.05, 3.63) is 60.7 Å². The quantitative estimate of drug-likeness (QED) is 0.508. The van der Waals surface area contributed by atoms with Gasteiger partial charge in [-0.2, -0.15) is 13.2 Å². The minimum atomic E-state index is -4.47. The smallest absolute Gasteiger partial charge is 0.405 e. The fourth-order valence-corrected chi connectivity index (χ4v) is 2.93. The molecule has 0 spiro atoms. The Bertz CT molecular complexity index is 1210. The number of imidazole rings is 1. The van der Waals surface area contributed by atoms with E-state index < -0.39 is 18.8 Å². The van der Waals surface area contributed by atoms with Crippen LogP contribution in [0.2, 0.25) is 0 Å². The number of oxazole rings is 1. The molecule has 3 aromatic heterocycles. The number of urea groups is 1. The van der Waals surface area contributed by atoms with Crippen molar-refractivity contribution in [3.63, 3.8) is 0 Å². The number of pyridine rings is 1. The van der Waals surface area contributed by atoms with Gasteiger partial charge >= 0.3 is 12.2 Å². The maximum absolute atomic E-state index is 12.2. The monoisotopic (exact) mass is 415 g/mol. The van der Waals surface area contributed by atoms with Crippen LogP contribution in [0.1, 0.15) is 5.69 Å². The number of halogens is 3. The number of aryl methyl sites for hydroxylation is 1. The van der Waals surface area contributed by atoms with E-state index in [-0.39, 0.29) is 0 Å². The first kappa shape index (κ1) is 19.5. The van der Waals surface area contributed by atoms with E-state index in [0.29, 0.717) is 17.2 Å². The van der Waals surface area contributed by atoms with Crippen LogP contribution in [0.15, 0.2) is 59.5 Å². The number of rotatable bonds is 4. The second-order valence-electron chi connectivity index (χ2n) is 6.58. The lowest BCUT2D eigenvalue weighted by atomic mass is 10.1. The summed E-state index contributed by atoms with van der Waals surface area (Å²) in [5.41, 5.74) is 4.06. The number of nitrogens with zero attached hydrogens (tertiary/aromatic N) is 3. The molecule has 4 aromatic rings. The zero-order valence-electron chi connectivity index (χ0n) is 15.7. The Labute approximate surface area is 168 Å². The van der Waals surface area contributed by atoms with Crippen LogP contribution in [0, 0.1) is 6.92 Å². The lowest BCUT2D eigenvalue weighted by Crippen LogP contribution is -2.36. The van der Waals surface area contributed by atoms with Crippen LogP contribution in [0.25, 0.3) is 28.4 Å². The molecule has 0 saturated carbocycles. The van der Waals surface area contributed by atoms with Gasteiger partial charge in [0.05, 0.1) is 17.6 Å². The molecule has 10 heteroatoms. The SMILES string of the molecule is Cc1coc(-c2ccn3c(-c4cccc(NC(=O)NCC(F)(F)F)c4)cnc3c2)n1. The van der Waals surface area contributed by atoms with Crippen molar-refractivity contribution < 1.29 is 22.4 Å². The van der Waals surface area contributed by atoms with Gasteiger partial charge in [0.15, 0.2) is 0 Å². The molecule has 0 aliphatic rings. The Balaban J connectivity index is 1.57. The van der Waals surface area contributed by atoms with Gasteiger partial charge in [-0.1, -0.05) is 12.1 Å². The number of benzene rings is 1. The molecule has 7 nitrogen and oxygen atoms in total. The highest BCUT2D eigenvalue weighted by Crippen LogP contribution is 2.26. The summed E-state index contributed by atoms with van der Waals surface area (Å²) in [5, 5.41) is 4.17. The van der Waals surface area contributed by atoms with Gasteiger partial charge in [-0.3, -0.25) is 4.40 Å². The summed E-state index contributed by atoms with van der Waals surface area (Å²) in [7, 11) is 0. The summed E-state index contributed by atoms with van der Waals surface area (Å²) in [4.78, 5) is 20.4. The summed E-state index contributed by atoms with van der Waals surface area (Å²) >= 11 is 0. The average Bonchev–Trinajstić information content (AvgIpc) is 3.32. The molecule has 0 unspecified atom stereocenters. The van der Waals surface area contributed by atoms with Crippen LogP contribution < -0.4 is 10.6 Å².